The third kappa shape index (κ3) is 4.01. The summed E-state index contributed by atoms with van der Waals surface area (Å²) in [5.41, 5.74) is 1.11. The summed E-state index contributed by atoms with van der Waals surface area (Å²) in [5, 5.41) is 3.22. The fraction of sp³-hybridized carbons (Fsp3) is 0.778. The van der Waals surface area contributed by atoms with Gasteiger partial charge in [-0.2, -0.15) is 0 Å². The number of hydrogen-bond acceptors (Lipinski definition) is 5. The average molecular weight is 317 g/mol. The SMILES string of the molecule is CNc1cc(CN(C)C)nc(C2CCCCN2C2CCCC2)n1. The zero-order chi connectivity index (χ0) is 16.2. The number of anilines is 1. The van der Waals surface area contributed by atoms with Gasteiger partial charge in [-0.05, 0) is 46.3 Å². The second kappa shape index (κ2) is 7.58. The van der Waals surface area contributed by atoms with Crippen LogP contribution in [0.4, 0.5) is 5.82 Å². The maximum atomic E-state index is 4.93. The van der Waals surface area contributed by atoms with E-state index < -0.39 is 0 Å². The molecule has 2 heterocycles. The van der Waals surface area contributed by atoms with Crippen molar-refractivity contribution in [1.82, 2.24) is 19.8 Å². The van der Waals surface area contributed by atoms with E-state index in [1.54, 1.807) is 0 Å². The van der Waals surface area contributed by atoms with Gasteiger partial charge in [0, 0.05) is 25.7 Å². The maximum Gasteiger partial charge on any atom is 0.148 e. The summed E-state index contributed by atoms with van der Waals surface area (Å²) in [4.78, 5) is 14.6. The highest BCUT2D eigenvalue weighted by Gasteiger charge is 2.33. The monoisotopic (exact) mass is 317 g/mol. The zero-order valence-electron chi connectivity index (χ0n) is 14.9. The minimum absolute atomic E-state index is 0.404. The minimum Gasteiger partial charge on any atom is -0.373 e. The van der Waals surface area contributed by atoms with Gasteiger partial charge in [-0.1, -0.05) is 19.3 Å². The molecule has 23 heavy (non-hydrogen) atoms. The first kappa shape index (κ1) is 16.7. The van der Waals surface area contributed by atoms with E-state index in [-0.39, 0.29) is 0 Å². The Labute approximate surface area is 140 Å². The summed E-state index contributed by atoms with van der Waals surface area (Å²) in [7, 11) is 6.12. The molecule has 1 saturated heterocycles. The van der Waals surface area contributed by atoms with Crippen LogP contribution >= 0.6 is 0 Å². The van der Waals surface area contributed by atoms with Gasteiger partial charge in [-0.25, -0.2) is 9.97 Å². The summed E-state index contributed by atoms with van der Waals surface area (Å²) in [6.45, 7) is 2.08. The fourth-order valence-electron chi connectivity index (χ4n) is 4.10. The molecule has 2 fully saturated rings. The molecule has 1 aromatic heterocycles. The molecular formula is C18H31N5. The van der Waals surface area contributed by atoms with Crippen molar-refractivity contribution < 1.29 is 0 Å². The van der Waals surface area contributed by atoms with E-state index >= 15 is 0 Å². The van der Waals surface area contributed by atoms with Crippen LogP contribution in [0.1, 0.15) is 62.5 Å². The Morgan fingerprint density at radius 3 is 2.57 bits per heavy atom. The minimum atomic E-state index is 0.404. The van der Waals surface area contributed by atoms with Gasteiger partial charge in [0.05, 0.1) is 11.7 Å². The Morgan fingerprint density at radius 1 is 1.13 bits per heavy atom. The molecule has 2 aliphatic rings. The average Bonchev–Trinajstić information content (AvgIpc) is 3.08. The van der Waals surface area contributed by atoms with Crippen LogP contribution in [0.3, 0.4) is 0 Å². The van der Waals surface area contributed by atoms with Crippen molar-refractivity contribution >= 4 is 5.82 Å². The summed E-state index contributed by atoms with van der Waals surface area (Å²) in [5.74, 6) is 1.98. The van der Waals surface area contributed by atoms with E-state index in [1.165, 1.54) is 51.5 Å². The molecule has 0 bridgehead atoms. The highest BCUT2D eigenvalue weighted by molar-refractivity contribution is 5.35. The van der Waals surface area contributed by atoms with Crippen molar-refractivity contribution in [3.05, 3.63) is 17.6 Å². The Kier molecular flexibility index (Phi) is 5.49. The Hall–Kier alpha value is -1.20. The molecule has 1 unspecified atom stereocenters. The first-order valence-electron chi connectivity index (χ1n) is 9.13. The van der Waals surface area contributed by atoms with E-state index in [2.05, 4.69) is 35.3 Å². The predicted molar refractivity (Wildman–Crippen MR) is 94.5 cm³/mol. The van der Waals surface area contributed by atoms with E-state index in [1.807, 2.05) is 7.05 Å². The number of likely N-dealkylation sites (tertiary alicyclic amines) is 1. The van der Waals surface area contributed by atoms with Crippen LogP contribution in [0, 0.1) is 0 Å². The van der Waals surface area contributed by atoms with Crippen LogP contribution in [0.5, 0.6) is 0 Å². The van der Waals surface area contributed by atoms with Gasteiger partial charge in [-0.15, -0.1) is 0 Å². The van der Waals surface area contributed by atoms with E-state index in [0.29, 0.717) is 6.04 Å². The molecule has 1 N–H and O–H groups in total. The van der Waals surface area contributed by atoms with Gasteiger partial charge in [-0.3, -0.25) is 4.90 Å². The summed E-state index contributed by atoms with van der Waals surface area (Å²) < 4.78 is 0. The normalized spacial score (nSPS) is 23.6. The van der Waals surface area contributed by atoms with Crippen LogP contribution in [0.15, 0.2) is 6.07 Å². The van der Waals surface area contributed by atoms with Crippen molar-refractivity contribution in [2.24, 2.45) is 0 Å². The van der Waals surface area contributed by atoms with Crippen molar-refractivity contribution in [3.8, 4) is 0 Å². The first-order chi connectivity index (χ1) is 11.2. The lowest BCUT2D eigenvalue weighted by Crippen LogP contribution is -2.41. The maximum absolute atomic E-state index is 4.93. The van der Waals surface area contributed by atoms with Crippen molar-refractivity contribution in [1.29, 1.82) is 0 Å². The molecule has 5 nitrogen and oxygen atoms in total. The number of nitrogens with one attached hydrogen (secondary N) is 1. The fourth-order valence-corrected chi connectivity index (χ4v) is 4.10. The lowest BCUT2D eigenvalue weighted by molar-refractivity contribution is 0.0913. The van der Waals surface area contributed by atoms with Crippen LogP contribution < -0.4 is 5.32 Å². The number of aromatic nitrogens is 2. The molecule has 3 rings (SSSR count). The number of rotatable bonds is 5. The van der Waals surface area contributed by atoms with E-state index in [9.17, 15) is 0 Å². The zero-order valence-corrected chi connectivity index (χ0v) is 14.9. The van der Waals surface area contributed by atoms with E-state index in [4.69, 9.17) is 9.97 Å². The summed E-state index contributed by atoms with van der Waals surface area (Å²) >= 11 is 0. The number of hydrogen-bond donors (Lipinski definition) is 1. The van der Waals surface area contributed by atoms with Gasteiger partial charge < -0.3 is 10.2 Å². The quantitative estimate of drug-likeness (QED) is 0.904. The second-order valence-electron chi connectivity index (χ2n) is 7.28. The molecule has 0 radical (unpaired) electrons. The number of nitrogens with zero attached hydrogens (tertiary/aromatic N) is 4. The Morgan fingerprint density at radius 2 is 1.87 bits per heavy atom. The van der Waals surface area contributed by atoms with Crippen LogP contribution in [-0.4, -0.2) is 53.5 Å². The molecule has 0 amide bonds. The summed E-state index contributed by atoms with van der Waals surface area (Å²) in [6, 6.07) is 3.23. The largest absolute Gasteiger partial charge is 0.373 e. The van der Waals surface area contributed by atoms with Gasteiger partial charge in [0.15, 0.2) is 0 Å². The summed E-state index contributed by atoms with van der Waals surface area (Å²) in [6.07, 6.45) is 9.30. The molecular weight excluding hydrogens is 286 g/mol. The van der Waals surface area contributed by atoms with Crippen molar-refractivity contribution in [2.45, 2.75) is 63.6 Å². The van der Waals surface area contributed by atoms with Gasteiger partial charge in [0.1, 0.15) is 11.6 Å². The molecule has 1 aliphatic heterocycles. The van der Waals surface area contributed by atoms with Crippen molar-refractivity contribution in [2.75, 3.05) is 33.0 Å². The molecule has 128 valence electrons. The third-order valence-corrected chi connectivity index (χ3v) is 5.17. The first-order valence-corrected chi connectivity index (χ1v) is 9.13. The van der Waals surface area contributed by atoms with Crippen molar-refractivity contribution in [3.63, 3.8) is 0 Å². The standard InChI is InChI=1S/C18H31N5/c1-19-17-12-14(13-22(2)3)20-18(21-17)16-10-6-7-11-23(16)15-8-4-5-9-15/h12,15-16H,4-11,13H2,1-3H3,(H,19,20,21). The highest BCUT2D eigenvalue weighted by Crippen LogP contribution is 2.36. The van der Waals surface area contributed by atoms with Gasteiger partial charge in [0.2, 0.25) is 0 Å². The predicted octanol–water partition coefficient (Wildman–Crippen LogP) is 3.05. The second-order valence-corrected chi connectivity index (χ2v) is 7.28. The highest BCUT2D eigenvalue weighted by atomic mass is 15.2. The Bertz CT molecular complexity index is 510. The molecule has 1 aromatic rings. The molecule has 1 saturated carbocycles. The lowest BCUT2D eigenvalue weighted by Gasteiger charge is -2.39. The number of piperidine rings is 1. The molecule has 1 aliphatic carbocycles. The molecule has 1 atom stereocenters. The van der Waals surface area contributed by atoms with E-state index in [0.717, 1.165) is 29.9 Å². The molecule has 0 aromatic carbocycles. The molecule has 0 spiro atoms. The van der Waals surface area contributed by atoms with Crippen LogP contribution in [-0.2, 0) is 6.54 Å². The lowest BCUT2D eigenvalue weighted by atomic mass is 9.98. The molecule has 5 heteroatoms. The Balaban J connectivity index is 1.87. The smallest absolute Gasteiger partial charge is 0.148 e. The van der Waals surface area contributed by atoms with Gasteiger partial charge in [0.25, 0.3) is 0 Å². The topological polar surface area (TPSA) is 44.3 Å². The van der Waals surface area contributed by atoms with Crippen LogP contribution in [0.2, 0.25) is 0 Å². The third-order valence-electron chi connectivity index (χ3n) is 5.17. The van der Waals surface area contributed by atoms with Crippen LogP contribution in [0.25, 0.3) is 0 Å². The van der Waals surface area contributed by atoms with Gasteiger partial charge >= 0.3 is 0 Å².